The summed E-state index contributed by atoms with van der Waals surface area (Å²) >= 11 is 0. The maximum absolute atomic E-state index is 13.1. The third-order valence-electron chi connectivity index (χ3n) is 6.50. The van der Waals surface area contributed by atoms with Gasteiger partial charge in [-0.25, -0.2) is 0 Å². The van der Waals surface area contributed by atoms with Gasteiger partial charge in [-0.1, -0.05) is 25.3 Å². The van der Waals surface area contributed by atoms with Crippen molar-refractivity contribution in [3.05, 3.63) is 12.7 Å². The minimum absolute atomic E-state index is 0.00840. The van der Waals surface area contributed by atoms with Crippen molar-refractivity contribution in [3.63, 3.8) is 0 Å². The fraction of sp³-hybridized carbons (Fsp3) is 0.750. The monoisotopic (exact) mass is 375 g/mol. The van der Waals surface area contributed by atoms with Crippen molar-refractivity contribution in [2.75, 3.05) is 32.8 Å². The van der Waals surface area contributed by atoms with Gasteiger partial charge in [0, 0.05) is 32.0 Å². The van der Waals surface area contributed by atoms with Crippen LogP contribution in [-0.4, -0.2) is 83.4 Å². The Labute approximate surface area is 160 Å². The summed E-state index contributed by atoms with van der Waals surface area (Å²) in [5.74, 6) is 0.237. The van der Waals surface area contributed by atoms with Crippen LogP contribution in [0.15, 0.2) is 12.7 Å². The molecule has 3 saturated heterocycles. The molecule has 3 aliphatic heterocycles. The number of ether oxygens (including phenoxy) is 1. The van der Waals surface area contributed by atoms with E-state index in [1.807, 2.05) is 4.90 Å². The standard InChI is InChI=1S/C20H29N3O4/c1-2-10-27-15-11-16-19(25)22-9-8-21(13-17(22)20(26)23(16)12-15)18(24)14-6-4-3-5-7-14/h2,14-17H,1,3-13H2/t15-,16+,17+/m1/s1. The fourth-order valence-electron chi connectivity index (χ4n) is 5.05. The van der Waals surface area contributed by atoms with Gasteiger partial charge >= 0.3 is 0 Å². The van der Waals surface area contributed by atoms with Gasteiger partial charge in [0.15, 0.2) is 0 Å². The quantitative estimate of drug-likeness (QED) is 0.682. The third-order valence-corrected chi connectivity index (χ3v) is 6.50. The highest BCUT2D eigenvalue weighted by Crippen LogP contribution is 2.32. The molecule has 27 heavy (non-hydrogen) atoms. The van der Waals surface area contributed by atoms with Crippen LogP contribution < -0.4 is 0 Å². The largest absolute Gasteiger partial charge is 0.372 e. The number of hydrogen-bond donors (Lipinski definition) is 0. The molecule has 7 nitrogen and oxygen atoms in total. The predicted octanol–water partition coefficient (Wildman–Crippen LogP) is 0.792. The van der Waals surface area contributed by atoms with Gasteiger partial charge in [0.05, 0.1) is 19.3 Å². The Kier molecular flexibility index (Phi) is 5.21. The van der Waals surface area contributed by atoms with E-state index in [2.05, 4.69) is 6.58 Å². The first-order valence-corrected chi connectivity index (χ1v) is 10.2. The van der Waals surface area contributed by atoms with E-state index in [0.717, 1.165) is 25.7 Å². The minimum atomic E-state index is -0.534. The molecule has 3 atom stereocenters. The molecule has 1 aliphatic carbocycles. The Morgan fingerprint density at radius 1 is 1.04 bits per heavy atom. The highest BCUT2D eigenvalue weighted by molar-refractivity contribution is 5.98. The first-order valence-electron chi connectivity index (χ1n) is 10.2. The molecule has 1 saturated carbocycles. The average Bonchev–Trinajstić information content (AvgIpc) is 3.15. The fourth-order valence-corrected chi connectivity index (χ4v) is 5.05. The summed E-state index contributed by atoms with van der Waals surface area (Å²) in [6.07, 6.45) is 7.43. The molecule has 0 spiro atoms. The van der Waals surface area contributed by atoms with E-state index in [4.69, 9.17) is 4.74 Å². The van der Waals surface area contributed by atoms with Crippen molar-refractivity contribution < 1.29 is 19.1 Å². The van der Waals surface area contributed by atoms with Crippen LogP contribution in [0.3, 0.4) is 0 Å². The van der Waals surface area contributed by atoms with Gasteiger partial charge in [0.2, 0.25) is 17.7 Å². The van der Waals surface area contributed by atoms with Crippen molar-refractivity contribution in [3.8, 4) is 0 Å². The van der Waals surface area contributed by atoms with Crippen molar-refractivity contribution in [1.29, 1.82) is 0 Å². The topological polar surface area (TPSA) is 70.2 Å². The molecule has 3 heterocycles. The molecule has 3 amide bonds. The van der Waals surface area contributed by atoms with Crippen LogP contribution in [0.5, 0.6) is 0 Å². The van der Waals surface area contributed by atoms with Crippen LogP contribution in [0.25, 0.3) is 0 Å². The van der Waals surface area contributed by atoms with Crippen LogP contribution in [0.1, 0.15) is 38.5 Å². The highest BCUT2D eigenvalue weighted by atomic mass is 16.5. The Hall–Kier alpha value is -1.89. The number of hydrogen-bond acceptors (Lipinski definition) is 4. The first-order chi connectivity index (χ1) is 13.1. The molecule has 0 aromatic heterocycles. The van der Waals surface area contributed by atoms with E-state index in [-0.39, 0.29) is 29.7 Å². The van der Waals surface area contributed by atoms with E-state index >= 15 is 0 Å². The number of amides is 3. The third kappa shape index (κ3) is 3.37. The van der Waals surface area contributed by atoms with Gasteiger partial charge in [-0.3, -0.25) is 14.4 Å². The molecule has 0 aromatic carbocycles. The number of fused-ring (bicyclic) bond motifs is 2. The van der Waals surface area contributed by atoms with Gasteiger partial charge in [0.25, 0.3) is 0 Å². The molecule has 0 N–H and O–H groups in total. The molecule has 148 valence electrons. The highest BCUT2D eigenvalue weighted by Gasteiger charge is 2.52. The van der Waals surface area contributed by atoms with E-state index < -0.39 is 12.1 Å². The Bertz CT molecular complexity index is 631. The van der Waals surface area contributed by atoms with Crippen LogP contribution >= 0.6 is 0 Å². The normalized spacial score (nSPS) is 31.7. The molecule has 4 fully saturated rings. The Morgan fingerprint density at radius 3 is 2.52 bits per heavy atom. The lowest BCUT2D eigenvalue weighted by Crippen LogP contribution is -2.69. The minimum Gasteiger partial charge on any atom is -0.372 e. The second-order valence-electron chi connectivity index (χ2n) is 8.15. The van der Waals surface area contributed by atoms with Crippen LogP contribution in [0.2, 0.25) is 0 Å². The number of carbonyl (C=O) groups is 3. The van der Waals surface area contributed by atoms with Crippen molar-refractivity contribution in [2.45, 2.75) is 56.7 Å². The number of rotatable bonds is 4. The smallest absolute Gasteiger partial charge is 0.247 e. The van der Waals surface area contributed by atoms with Gasteiger partial charge in [-0.15, -0.1) is 6.58 Å². The molecule has 0 radical (unpaired) electrons. The molecular weight excluding hydrogens is 346 g/mol. The lowest BCUT2D eigenvalue weighted by molar-refractivity contribution is -0.165. The summed E-state index contributed by atoms with van der Waals surface area (Å²) in [5.41, 5.74) is 0. The molecule has 0 bridgehead atoms. The summed E-state index contributed by atoms with van der Waals surface area (Å²) in [6, 6.07) is -0.947. The van der Waals surface area contributed by atoms with E-state index in [1.165, 1.54) is 6.42 Å². The maximum atomic E-state index is 13.1. The SMILES string of the molecule is C=CCO[C@@H]1C[C@H]2C(=O)N3CCN(C(=O)C4CCCCC4)C[C@H]3C(=O)N2C1. The summed E-state index contributed by atoms with van der Waals surface area (Å²) in [5, 5.41) is 0. The predicted molar refractivity (Wildman–Crippen MR) is 98.7 cm³/mol. The maximum Gasteiger partial charge on any atom is 0.247 e. The van der Waals surface area contributed by atoms with E-state index in [0.29, 0.717) is 39.2 Å². The lowest BCUT2D eigenvalue weighted by Gasteiger charge is -2.47. The molecule has 7 heteroatoms. The van der Waals surface area contributed by atoms with Crippen LogP contribution in [0, 0.1) is 5.92 Å². The van der Waals surface area contributed by atoms with Gasteiger partial charge in [-0.05, 0) is 12.8 Å². The zero-order valence-corrected chi connectivity index (χ0v) is 15.8. The molecule has 0 unspecified atom stereocenters. The van der Waals surface area contributed by atoms with Crippen molar-refractivity contribution in [1.82, 2.24) is 14.7 Å². The Morgan fingerprint density at radius 2 is 1.78 bits per heavy atom. The van der Waals surface area contributed by atoms with Crippen LogP contribution in [0.4, 0.5) is 0 Å². The van der Waals surface area contributed by atoms with Crippen molar-refractivity contribution >= 4 is 17.7 Å². The molecule has 4 rings (SSSR count). The molecule has 0 aromatic rings. The van der Waals surface area contributed by atoms with Crippen molar-refractivity contribution in [2.24, 2.45) is 5.92 Å². The number of piperazine rings is 2. The summed E-state index contributed by atoms with van der Waals surface area (Å²) < 4.78 is 5.69. The summed E-state index contributed by atoms with van der Waals surface area (Å²) in [7, 11) is 0. The first kappa shape index (κ1) is 18.5. The van der Waals surface area contributed by atoms with Gasteiger partial charge in [-0.2, -0.15) is 0 Å². The number of carbonyl (C=O) groups excluding carboxylic acids is 3. The molecular formula is C20H29N3O4. The number of nitrogens with zero attached hydrogens (tertiary/aromatic N) is 3. The molecule has 4 aliphatic rings. The van der Waals surface area contributed by atoms with Crippen LogP contribution in [-0.2, 0) is 19.1 Å². The lowest BCUT2D eigenvalue weighted by atomic mass is 9.88. The van der Waals surface area contributed by atoms with E-state index in [9.17, 15) is 14.4 Å². The second-order valence-corrected chi connectivity index (χ2v) is 8.15. The Balaban J connectivity index is 1.44. The summed E-state index contributed by atoms with van der Waals surface area (Å²) in [6.45, 7) is 5.84. The van der Waals surface area contributed by atoms with E-state index in [1.54, 1.807) is 15.9 Å². The zero-order valence-electron chi connectivity index (χ0n) is 15.8. The van der Waals surface area contributed by atoms with Gasteiger partial charge < -0.3 is 19.4 Å². The second kappa shape index (κ2) is 7.62. The zero-order chi connectivity index (χ0) is 19.0. The summed E-state index contributed by atoms with van der Waals surface area (Å²) in [4.78, 5) is 44.1. The van der Waals surface area contributed by atoms with Gasteiger partial charge in [0.1, 0.15) is 12.1 Å². The average molecular weight is 375 g/mol.